The number of carbonyl (C=O) groups is 1. The SMILES string of the molecule is COCCN1[C@@H]2CCN(C(=O)c3ccncc3)CC[C@H]2Oc2ccccc2S1(=O)=O. The summed E-state index contributed by atoms with van der Waals surface area (Å²) in [5.74, 6) is 0.280. The summed E-state index contributed by atoms with van der Waals surface area (Å²) in [6.45, 7) is 1.45. The van der Waals surface area contributed by atoms with Gasteiger partial charge in [0.15, 0.2) is 0 Å². The quantitative estimate of drug-likeness (QED) is 0.733. The molecule has 0 N–H and O–H groups in total. The average Bonchev–Trinajstić information content (AvgIpc) is 3.01. The molecule has 1 aromatic carbocycles. The van der Waals surface area contributed by atoms with Crippen molar-refractivity contribution in [2.24, 2.45) is 0 Å². The molecule has 30 heavy (non-hydrogen) atoms. The summed E-state index contributed by atoms with van der Waals surface area (Å²) in [5.41, 5.74) is 0.571. The predicted octanol–water partition coefficient (Wildman–Crippen LogP) is 1.78. The Morgan fingerprint density at radius 3 is 2.67 bits per heavy atom. The molecule has 2 atom stereocenters. The van der Waals surface area contributed by atoms with Crippen molar-refractivity contribution in [3.8, 4) is 5.75 Å². The molecule has 8 nitrogen and oxygen atoms in total. The maximum atomic E-state index is 13.4. The third-order valence-electron chi connectivity index (χ3n) is 5.62. The highest BCUT2D eigenvalue weighted by molar-refractivity contribution is 7.89. The molecular weight excluding hydrogens is 406 g/mol. The van der Waals surface area contributed by atoms with Gasteiger partial charge in [-0.2, -0.15) is 4.31 Å². The van der Waals surface area contributed by atoms with Crippen LogP contribution >= 0.6 is 0 Å². The summed E-state index contributed by atoms with van der Waals surface area (Å²) in [6, 6.07) is 9.73. The lowest BCUT2D eigenvalue weighted by molar-refractivity contribution is 0.0755. The number of amides is 1. The van der Waals surface area contributed by atoms with E-state index in [1.54, 1.807) is 60.8 Å². The number of nitrogens with zero attached hydrogens (tertiary/aromatic N) is 3. The average molecular weight is 432 g/mol. The first-order valence-electron chi connectivity index (χ1n) is 9.98. The number of hydrogen-bond donors (Lipinski definition) is 0. The number of sulfonamides is 1. The van der Waals surface area contributed by atoms with E-state index in [0.29, 0.717) is 37.2 Å². The van der Waals surface area contributed by atoms with Crippen molar-refractivity contribution in [1.82, 2.24) is 14.2 Å². The van der Waals surface area contributed by atoms with Crippen molar-refractivity contribution in [2.45, 2.75) is 29.9 Å². The van der Waals surface area contributed by atoms with Crippen LogP contribution in [-0.2, 0) is 14.8 Å². The molecule has 160 valence electrons. The Kier molecular flexibility index (Phi) is 6.03. The molecule has 4 rings (SSSR count). The van der Waals surface area contributed by atoms with Crippen LogP contribution in [0, 0.1) is 0 Å². The first-order valence-corrected chi connectivity index (χ1v) is 11.4. The van der Waals surface area contributed by atoms with Gasteiger partial charge >= 0.3 is 0 Å². The summed E-state index contributed by atoms with van der Waals surface area (Å²) < 4.78 is 39.8. The lowest BCUT2D eigenvalue weighted by atomic mass is 10.1. The molecule has 1 saturated heterocycles. The van der Waals surface area contributed by atoms with E-state index in [1.165, 1.54) is 4.31 Å². The molecule has 1 aromatic heterocycles. The van der Waals surface area contributed by atoms with Crippen LogP contribution in [0.1, 0.15) is 23.2 Å². The van der Waals surface area contributed by atoms with E-state index < -0.39 is 10.0 Å². The van der Waals surface area contributed by atoms with Crippen molar-refractivity contribution in [3.05, 3.63) is 54.4 Å². The van der Waals surface area contributed by atoms with E-state index >= 15 is 0 Å². The molecule has 3 heterocycles. The number of likely N-dealkylation sites (tertiary alicyclic amines) is 1. The van der Waals surface area contributed by atoms with Gasteiger partial charge in [0.2, 0.25) is 10.0 Å². The molecule has 2 aliphatic heterocycles. The number of hydrogen-bond acceptors (Lipinski definition) is 6. The smallest absolute Gasteiger partial charge is 0.253 e. The van der Waals surface area contributed by atoms with Crippen LogP contribution in [0.5, 0.6) is 5.75 Å². The number of fused-ring (bicyclic) bond motifs is 2. The third kappa shape index (κ3) is 3.92. The van der Waals surface area contributed by atoms with Gasteiger partial charge in [-0.05, 0) is 30.7 Å². The number of ether oxygens (including phenoxy) is 2. The maximum Gasteiger partial charge on any atom is 0.253 e. The van der Waals surface area contributed by atoms with Crippen molar-refractivity contribution >= 4 is 15.9 Å². The molecule has 0 aliphatic carbocycles. The number of rotatable bonds is 4. The Bertz CT molecular complexity index is 999. The summed E-state index contributed by atoms with van der Waals surface area (Å²) in [6.07, 6.45) is 3.85. The third-order valence-corrected chi connectivity index (χ3v) is 7.59. The highest BCUT2D eigenvalue weighted by atomic mass is 32.2. The highest BCUT2D eigenvalue weighted by Gasteiger charge is 2.43. The van der Waals surface area contributed by atoms with Crippen LogP contribution in [0.4, 0.5) is 0 Å². The van der Waals surface area contributed by atoms with E-state index in [4.69, 9.17) is 9.47 Å². The summed E-state index contributed by atoms with van der Waals surface area (Å²) >= 11 is 0. The van der Waals surface area contributed by atoms with E-state index in [9.17, 15) is 13.2 Å². The minimum atomic E-state index is -3.75. The predicted molar refractivity (Wildman–Crippen MR) is 110 cm³/mol. The number of methoxy groups -OCH3 is 1. The molecule has 2 aromatic rings. The van der Waals surface area contributed by atoms with Gasteiger partial charge in [-0.1, -0.05) is 12.1 Å². The standard InChI is InChI=1S/C21H25N3O5S/c1-28-15-14-24-17-8-12-23(21(25)16-6-10-22-11-7-16)13-9-18(17)29-19-4-2-3-5-20(19)30(24,26)27/h2-7,10-11,17-18H,8-9,12-15H2,1H3/t17-,18-/m1/s1. The first-order chi connectivity index (χ1) is 14.5. The molecule has 1 amide bonds. The molecule has 0 saturated carbocycles. The van der Waals surface area contributed by atoms with Crippen molar-refractivity contribution in [1.29, 1.82) is 0 Å². The largest absolute Gasteiger partial charge is 0.487 e. The monoisotopic (exact) mass is 431 g/mol. The first kappa shape index (κ1) is 20.8. The lowest BCUT2D eigenvalue weighted by Crippen LogP contribution is -2.48. The number of carbonyl (C=O) groups excluding carboxylic acids is 1. The number of pyridine rings is 1. The molecule has 1 fully saturated rings. The van der Waals surface area contributed by atoms with Gasteiger partial charge in [0.25, 0.3) is 5.91 Å². The second-order valence-electron chi connectivity index (χ2n) is 7.38. The topological polar surface area (TPSA) is 89.0 Å². The fourth-order valence-electron chi connectivity index (χ4n) is 4.10. The molecule has 0 radical (unpaired) electrons. The van der Waals surface area contributed by atoms with Crippen LogP contribution < -0.4 is 4.74 Å². The van der Waals surface area contributed by atoms with Crippen LogP contribution in [0.15, 0.2) is 53.7 Å². The minimum absolute atomic E-state index is 0.0828. The van der Waals surface area contributed by atoms with Crippen molar-refractivity contribution in [2.75, 3.05) is 33.4 Å². The van der Waals surface area contributed by atoms with Gasteiger partial charge in [-0.25, -0.2) is 8.42 Å². The van der Waals surface area contributed by atoms with Crippen LogP contribution in [-0.4, -0.2) is 74.0 Å². The lowest BCUT2D eigenvalue weighted by Gasteiger charge is -2.31. The van der Waals surface area contributed by atoms with Gasteiger partial charge in [-0.15, -0.1) is 0 Å². The van der Waals surface area contributed by atoms with Gasteiger partial charge in [0, 0.05) is 51.1 Å². The van der Waals surface area contributed by atoms with Gasteiger partial charge in [0.1, 0.15) is 16.7 Å². The molecular formula is C21H25N3O5S. The highest BCUT2D eigenvalue weighted by Crippen LogP contribution is 2.36. The van der Waals surface area contributed by atoms with E-state index in [0.717, 1.165) is 0 Å². The summed E-state index contributed by atoms with van der Waals surface area (Å²) in [4.78, 5) is 18.8. The van der Waals surface area contributed by atoms with Crippen molar-refractivity contribution in [3.63, 3.8) is 0 Å². The van der Waals surface area contributed by atoms with Gasteiger partial charge in [0.05, 0.1) is 12.6 Å². The molecule has 9 heteroatoms. The summed E-state index contributed by atoms with van der Waals surface area (Å²) in [5, 5.41) is 0. The zero-order valence-corrected chi connectivity index (χ0v) is 17.6. The zero-order chi connectivity index (χ0) is 21.1. The van der Waals surface area contributed by atoms with Crippen LogP contribution in [0.2, 0.25) is 0 Å². The number of benzene rings is 1. The van der Waals surface area contributed by atoms with E-state index in [2.05, 4.69) is 4.98 Å². The van der Waals surface area contributed by atoms with E-state index in [1.807, 2.05) is 0 Å². The normalized spacial score (nSPS) is 23.4. The van der Waals surface area contributed by atoms with Crippen molar-refractivity contribution < 1.29 is 22.7 Å². The number of para-hydroxylation sites is 1. The minimum Gasteiger partial charge on any atom is -0.487 e. The molecule has 0 bridgehead atoms. The molecule has 0 spiro atoms. The molecule has 0 unspecified atom stereocenters. The Balaban J connectivity index is 1.65. The maximum absolute atomic E-state index is 13.4. The Hall–Kier alpha value is -2.49. The fraction of sp³-hybridized carbons (Fsp3) is 0.429. The van der Waals surface area contributed by atoms with E-state index in [-0.39, 0.29) is 36.1 Å². The van der Waals surface area contributed by atoms with Gasteiger partial charge in [-0.3, -0.25) is 9.78 Å². The second-order valence-corrected chi connectivity index (χ2v) is 9.24. The Labute approximate surface area is 176 Å². The summed E-state index contributed by atoms with van der Waals surface area (Å²) in [7, 11) is -2.20. The number of aromatic nitrogens is 1. The molecule has 2 aliphatic rings. The van der Waals surface area contributed by atoms with Gasteiger partial charge < -0.3 is 14.4 Å². The second kappa shape index (κ2) is 8.71. The fourth-order valence-corrected chi connectivity index (χ4v) is 5.89. The van der Waals surface area contributed by atoms with Crippen LogP contribution in [0.25, 0.3) is 0 Å². The Morgan fingerprint density at radius 2 is 1.90 bits per heavy atom. The Morgan fingerprint density at radius 1 is 1.17 bits per heavy atom. The zero-order valence-electron chi connectivity index (χ0n) is 16.8. The van der Waals surface area contributed by atoms with Crippen LogP contribution in [0.3, 0.4) is 0 Å².